The molecule has 4 aromatic rings. The molecular weight excluding hydrogens is 583 g/mol. The third kappa shape index (κ3) is 3.94. The molecule has 2 aliphatic carbocycles. The Morgan fingerprint density at radius 2 is 1.81 bits per heavy atom. The first-order valence-corrected chi connectivity index (χ1v) is 14.5. The third-order valence-corrected chi connectivity index (χ3v) is 9.29. The van der Waals surface area contributed by atoms with Crippen LogP contribution in [0.25, 0.3) is 22.4 Å². The van der Waals surface area contributed by atoms with Crippen molar-refractivity contribution in [1.29, 1.82) is 0 Å². The third-order valence-electron chi connectivity index (χ3n) is 8.88. The second-order valence-corrected chi connectivity index (χ2v) is 12.1. The lowest BCUT2D eigenvalue weighted by Gasteiger charge is -2.20. The second kappa shape index (κ2) is 9.28. The van der Waals surface area contributed by atoms with Crippen molar-refractivity contribution in [2.45, 2.75) is 44.1 Å². The van der Waals surface area contributed by atoms with Crippen LogP contribution in [0.2, 0.25) is 10.2 Å². The van der Waals surface area contributed by atoms with E-state index in [4.69, 9.17) is 23.2 Å². The molecule has 0 saturated heterocycles. The summed E-state index contributed by atoms with van der Waals surface area (Å²) in [6.45, 7) is 0. The van der Waals surface area contributed by atoms with Gasteiger partial charge >= 0.3 is 0 Å². The number of halogens is 4. The summed E-state index contributed by atoms with van der Waals surface area (Å²) in [5, 5.41) is 8.66. The van der Waals surface area contributed by atoms with E-state index in [9.17, 15) is 9.59 Å². The van der Waals surface area contributed by atoms with Crippen LogP contribution in [0.5, 0.6) is 0 Å². The summed E-state index contributed by atoms with van der Waals surface area (Å²) in [6.07, 6.45) is 3.34. The number of benzene rings is 2. The van der Waals surface area contributed by atoms with Gasteiger partial charge < -0.3 is 4.57 Å². The van der Waals surface area contributed by atoms with Gasteiger partial charge in [0, 0.05) is 64.4 Å². The Bertz CT molecular complexity index is 2000. The van der Waals surface area contributed by atoms with Gasteiger partial charge in [-0.25, -0.2) is 14.1 Å². The van der Waals surface area contributed by atoms with Crippen LogP contribution in [-0.2, 0) is 17.6 Å². The molecule has 1 saturated carbocycles. The number of nitrogens with zero attached hydrogens (tertiary/aromatic N) is 5. The predicted molar refractivity (Wildman–Crippen MR) is 154 cm³/mol. The van der Waals surface area contributed by atoms with Crippen molar-refractivity contribution in [2.24, 2.45) is 10.9 Å². The van der Waals surface area contributed by atoms with Crippen molar-refractivity contribution in [3.63, 3.8) is 0 Å². The molecule has 4 heterocycles. The molecule has 8 rings (SSSR count). The largest absolute Gasteiger partial charge is 0.303 e. The smallest absolute Gasteiger partial charge is 0.251 e. The fraction of sp³-hybridized carbons (Fsp3) is 0.258. The first-order valence-electron chi connectivity index (χ1n) is 13.7. The first-order chi connectivity index (χ1) is 20.3. The van der Waals surface area contributed by atoms with Crippen molar-refractivity contribution < 1.29 is 13.6 Å². The highest BCUT2D eigenvalue weighted by Crippen LogP contribution is 2.60. The molecule has 0 radical (unpaired) electrons. The van der Waals surface area contributed by atoms with Gasteiger partial charge in [0.1, 0.15) is 11.6 Å². The molecular formula is C31H21Cl2F2N5O2. The highest BCUT2D eigenvalue weighted by Gasteiger charge is 2.55. The number of carbonyl (C=O) groups excluding carboxylic acids is 1. The number of pyridine rings is 1. The molecule has 210 valence electrons. The lowest BCUT2D eigenvalue weighted by atomic mass is 9.87. The summed E-state index contributed by atoms with van der Waals surface area (Å²) in [7, 11) is 0. The number of aromatic nitrogens is 4. The molecule has 0 N–H and O–H groups in total. The summed E-state index contributed by atoms with van der Waals surface area (Å²) >= 11 is 12.3. The minimum Gasteiger partial charge on any atom is -0.303 e. The van der Waals surface area contributed by atoms with Crippen LogP contribution in [0, 0.1) is 11.7 Å². The van der Waals surface area contributed by atoms with E-state index in [1.165, 1.54) is 4.68 Å². The van der Waals surface area contributed by atoms with Crippen LogP contribution in [0.3, 0.4) is 0 Å². The number of carbonyl (C=O) groups is 1. The van der Waals surface area contributed by atoms with Crippen molar-refractivity contribution in [2.75, 3.05) is 0 Å². The Labute approximate surface area is 248 Å². The minimum atomic E-state index is -0.721. The molecule has 2 aromatic heterocycles. The molecule has 3 atom stereocenters. The summed E-state index contributed by atoms with van der Waals surface area (Å²) in [5.41, 5.74) is 4.69. The van der Waals surface area contributed by atoms with E-state index in [-0.39, 0.29) is 58.7 Å². The Hall–Kier alpha value is -3.95. The molecule has 2 aromatic carbocycles. The summed E-state index contributed by atoms with van der Waals surface area (Å²) < 4.78 is 34.1. The van der Waals surface area contributed by atoms with Gasteiger partial charge in [-0.1, -0.05) is 40.5 Å². The number of rotatable bonds is 4. The number of fused-ring (bicyclic) bond motifs is 4. The van der Waals surface area contributed by atoms with Crippen LogP contribution in [0.4, 0.5) is 8.78 Å². The standard InChI is InChI=1S/C31H21Cl2F2N5O2/c32-16-2-6-25(39-13-27(33)37-38-39)20(10-16)15-8-26-21-11-22(21)30(40(26)28(42)9-15)24-12-23(31(35)36-24)19-4-1-14-7-17(41)3-5-18(14)29(19)34/h1-2,4,6,8-10,13,21-22,30H,3,5,7,11-12H2/t21-,22+,30+/m1/s1. The number of Topliss-reactive ketones (excluding diaryl/α,β-unsaturated/α-hetero) is 1. The summed E-state index contributed by atoms with van der Waals surface area (Å²) in [4.78, 5) is 29.8. The lowest BCUT2D eigenvalue weighted by molar-refractivity contribution is -0.118. The van der Waals surface area contributed by atoms with Crippen LogP contribution in [-0.4, -0.2) is 31.1 Å². The number of hydrogen-bond acceptors (Lipinski definition) is 5. The average Bonchev–Trinajstić information content (AvgIpc) is 3.28. The number of aliphatic imine (C=N–C) groups is 1. The summed E-state index contributed by atoms with van der Waals surface area (Å²) in [5.74, 6) is -0.870. The van der Waals surface area contributed by atoms with E-state index >= 15 is 8.78 Å². The first kappa shape index (κ1) is 25.7. The number of ketones is 1. The molecule has 0 unspecified atom stereocenters. The van der Waals surface area contributed by atoms with Crippen molar-refractivity contribution >= 4 is 40.3 Å². The molecule has 4 aliphatic rings. The van der Waals surface area contributed by atoms with Crippen molar-refractivity contribution in [3.05, 3.63) is 103 Å². The highest BCUT2D eigenvalue weighted by atomic mass is 35.5. The number of hydrogen-bond donors (Lipinski definition) is 0. The molecule has 0 amide bonds. The Morgan fingerprint density at radius 3 is 2.62 bits per heavy atom. The van der Waals surface area contributed by atoms with Gasteiger partial charge in [0.15, 0.2) is 5.15 Å². The van der Waals surface area contributed by atoms with Gasteiger partial charge in [-0.3, -0.25) is 9.59 Å². The van der Waals surface area contributed by atoms with Gasteiger partial charge in [0.05, 0.1) is 17.9 Å². The SMILES string of the molecule is O=C1CCc2c(ccc(C3=C(F)N=C([C@@H]4[C@H]5C[C@H]5c5cc(-c6cc(Cl)ccc6-n6cc(Cl)nn6)cc(=O)n54)C3)c2F)C1. The zero-order valence-corrected chi connectivity index (χ0v) is 23.5. The normalized spacial score (nSPS) is 22.2. The van der Waals surface area contributed by atoms with Crippen LogP contribution in [0.1, 0.15) is 53.6 Å². The maximum atomic E-state index is 15.5. The van der Waals surface area contributed by atoms with E-state index in [0.29, 0.717) is 45.1 Å². The zero-order valence-electron chi connectivity index (χ0n) is 22.0. The molecule has 11 heteroatoms. The van der Waals surface area contributed by atoms with Crippen molar-refractivity contribution in [1.82, 2.24) is 19.6 Å². The summed E-state index contributed by atoms with van der Waals surface area (Å²) in [6, 6.07) is 11.7. The van der Waals surface area contributed by atoms with E-state index in [2.05, 4.69) is 15.3 Å². The highest BCUT2D eigenvalue weighted by molar-refractivity contribution is 6.31. The fourth-order valence-electron chi connectivity index (χ4n) is 6.89. The molecule has 1 fully saturated rings. The topological polar surface area (TPSA) is 82.1 Å². The van der Waals surface area contributed by atoms with E-state index in [1.54, 1.807) is 47.2 Å². The Morgan fingerprint density at radius 1 is 0.952 bits per heavy atom. The maximum Gasteiger partial charge on any atom is 0.251 e. The minimum absolute atomic E-state index is 0.0772. The molecule has 2 aliphatic heterocycles. The Balaban J connectivity index is 1.14. The quantitative estimate of drug-likeness (QED) is 0.251. The van der Waals surface area contributed by atoms with E-state index in [1.807, 2.05) is 6.07 Å². The zero-order chi connectivity index (χ0) is 28.9. The van der Waals surface area contributed by atoms with Gasteiger partial charge in [-0.2, -0.15) is 4.39 Å². The second-order valence-electron chi connectivity index (χ2n) is 11.3. The molecule has 7 nitrogen and oxygen atoms in total. The fourth-order valence-corrected chi connectivity index (χ4v) is 7.19. The number of allylic oxidation sites excluding steroid dienone is 1. The van der Waals surface area contributed by atoms with Crippen LogP contribution >= 0.6 is 23.2 Å². The predicted octanol–water partition coefficient (Wildman–Crippen LogP) is 6.44. The molecule has 0 bridgehead atoms. The average molecular weight is 604 g/mol. The van der Waals surface area contributed by atoms with E-state index in [0.717, 1.165) is 12.1 Å². The molecule has 42 heavy (non-hydrogen) atoms. The lowest BCUT2D eigenvalue weighted by Crippen LogP contribution is -2.29. The molecule has 0 spiro atoms. The van der Waals surface area contributed by atoms with Gasteiger partial charge in [0.2, 0.25) is 5.95 Å². The van der Waals surface area contributed by atoms with Crippen LogP contribution < -0.4 is 5.56 Å². The van der Waals surface area contributed by atoms with Crippen molar-refractivity contribution in [3.8, 4) is 16.8 Å². The monoisotopic (exact) mass is 603 g/mol. The van der Waals surface area contributed by atoms with E-state index < -0.39 is 17.8 Å². The maximum absolute atomic E-state index is 15.5. The Kier molecular flexibility index (Phi) is 5.68. The van der Waals surface area contributed by atoms with Crippen LogP contribution in [0.15, 0.2) is 64.4 Å². The van der Waals surface area contributed by atoms with Gasteiger partial charge in [0.25, 0.3) is 5.56 Å². The van der Waals surface area contributed by atoms with Gasteiger partial charge in [-0.15, -0.1) is 5.10 Å². The van der Waals surface area contributed by atoms with Gasteiger partial charge in [-0.05, 0) is 59.7 Å².